The number of benzene rings is 1. The molecule has 1 N–H and O–H groups in total. The van der Waals surface area contributed by atoms with E-state index in [9.17, 15) is 0 Å². The minimum atomic E-state index is 0.344. The van der Waals surface area contributed by atoms with Gasteiger partial charge in [0.05, 0.1) is 6.10 Å². The summed E-state index contributed by atoms with van der Waals surface area (Å²) in [5, 5.41) is 4.35. The first-order chi connectivity index (χ1) is 9.08. The summed E-state index contributed by atoms with van der Waals surface area (Å²) in [6.45, 7) is 8.29. The Morgan fingerprint density at radius 2 is 1.79 bits per heavy atom. The SMILES string of the molecule is CC(Cc1ccc(Cl)cc1)NCCCCOC(C)C. The maximum atomic E-state index is 5.88. The van der Waals surface area contributed by atoms with Crippen LogP contribution in [0.25, 0.3) is 0 Å². The van der Waals surface area contributed by atoms with Gasteiger partial charge in [-0.3, -0.25) is 0 Å². The largest absolute Gasteiger partial charge is 0.379 e. The number of nitrogens with one attached hydrogen (secondary N) is 1. The molecular weight excluding hydrogens is 258 g/mol. The Labute approximate surface area is 122 Å². The van der Waals surface area contributed by atoms with Gasteiger partial charge >= 0.3 is 0 Å². The van der Waals surface area contributed by atoms with Gasteiger partial charge in [0.25, 0.3) is 0 Å². The number of halogens is 1. The highest BCUT2D eigenvalue weighted by Gasteiger charge is 2.02. The summed E-state index contributed by atoms with van der Waals surface area (Å²) < 4.78 is 5.52. The first kappa shape index (κ1) is 16.5. The summed E-state index contributed by atoms with van der Waals surface area (Å²) >= 11 is 5.88. The summed E-state index contributed by atoms with van der Waals surface area (Å²) in [5.41, 5.74) is 1.33. The second-order valence-corrected chi connectivity index (χ2v) is 5.75. The minimum absolute atomic E-state index is 0.344. The molecule has 0 aliphatic heterocycles. The number of hydrogen-bond donors (Lipinski definition) is 1. The molecule has 0 saturated heterocycles. The van der Waals surface area contributed by atoms with E-state index in [0.29, 0.717) is 12.1 Å². The molecule has 1 rings (SSSR count). The van der Waals surface area contributed by atoms with Gasteiger partial charge in [0, 0.05) is 17.7 Å². The molecule has 0 radical (unpaired) electrons. The van der Waals surface area contributed by atoms with Crippen molar-refractivity contribution in [2.45, 2.75) is 52.2 Å². The summed E-state index contributed by atoms with van der Waals surface area (Å²) in [6, 6.07) is 8.58. The van der Waals surface area contributed by atoms with Crippen LogP contribution in [0.4, 0.5) is 0 Å². The van der Waals surface area contributed by atoms with Crippen LogP contribution >= 0.6 is 11.6 Å². The smallest absolute Gasteiger partial charge is 0.0518 e. The molecule has 108 valence electrons. The average Bonchev–Trinajstić information content (AvgIpc) is 2.36. The van der Waals surface area contributed by atoms with E-state index in [1.165, 1.54) is 5.56 Å². The molecule has 0 fully saturated rings. The molecule has 0 aliphatic rings. The molecule has 3 heteroatoms. The Hall–Kier alpha value is -0.570. The Morgan fingerprint density at radius 1 is 1.11 bits per heavy atom. The molecule has 0 bridgehead atoms. The van der Waals surface area contributed by atoms with Gasteiger partial charge in [-0.25, -0.2) is 0 Å². The van der Waals surface area contributed by atoms with Crippen molar-refractivity contribution in [3.05, 3.63) is 34.9 Å². The lowest BCUT2D eigenvalue weighted by molar-refractivity contribution is 0.0759. The molecule has 0 spiro atoms. The molecule has 1 atom stereocenters. The molecule has 0 amide bonds. The van der Waals surface area contributed by atoms with E-state index >= 15 is 0 Å². The van der Waals surface area contributed by atoms with Gasteiger partial charge < -0.3 is 10.1 Å². The summed E-state index contributed by atoms with van der Waals surface area (Å²) in [4.78, 5) is 0. The Kier molecular flexibility index (Phi) is 8.11. The molecule has 0 aromatic heterocycles. The van der Waals surface area contributed by atoms with Crippen LogP contribution in [-0.2, 0) is 11.2 Å². The standard InChI is InChI=1S/C16H26ClNO/c1-13(2)19-11-5-4-10-18-14(3)12-15-6-8-16(17)9-7-15/h6-9,13-14,18H,4-5,10-12H2,1-3H3. The van der Waals surface area contributed by atoms with Crippen LogP contribution in [0.2, 0.25) is 5.02 Å². The van der Waals surface area contributed by atoms with E-state index in [1.807, 2.05) is 12.1 Å². The van der Waals surface area contributed by atoms with Gasteiger partial charge in [-0.2, -0.15) is 0 Å². The van der Waals surface area contributed by atoms with Crippen LogP contribution in [-0.4, -0.2) is 25.3 Å². The molecule has 1 unspecified atom stereocenters. The third kappa shape index (κ3) is 8.25. The van der Waals surface area contributed by atoms with E-state index < -0.39 is 0 Å². The summed E-state index contributed by atoms with van der Waals surface area (Å²) in [6.07, 6.45) is 3.67. The van der Waals surface area contributed by atoms with Crippen LogP contribution in [0.15, 0.2) is 24.3 Å². The predicted molar refractivity (Wildman–Crippen MR) is 82.9 cm³/mol. The Morgan fingerprint density at radius 3 is 2.42 bits per heavy atom. The first-order valence-electron chi connectivity index (χ1n) is 7.17. The zero-order valence-corrected chi connectivity index (χ0v) is 13.0. The van der Waals surface area contributed by atoms with Crippen molar-refractivity contribution in [1.29, 1.82) is 0 Å². The average molecular weight is 284 g/mol. The molecule has 19 heavy (non-hydrogen) atoms. The zero-order chi connectivity index (χ0) is 14.1. The van der Waals surface area contributed by atoms with Gasteiger partial charge in [0.2, 0.25) is 0 Å². The molecule has 0 aliphatic carbocycles. The van der Waals surface area contributed by atoms with E-state index in [1.54, 1.807) is 0 Å². The topological polar surface area (TPSA) is 21.3 Å². The van der Waals surface area contributed by atoms with Crippen LogP contribution in [0.5, 0.6) is 0 Å². The fourth-order valence-electron chi connectivity index (χ4n) is 1.94. The lowest BCUT2D eigenvalue weighted by atomic mass is 10.1. The number of hydrogen-bond acceptors (Lipinski definition) is 2. The molecule has 0 saturated carbocycles. The normalized spacial score (nSPS) is 12.9. The van der Waals surface area contributed by atoms with E-state index in [4.69, 9.17) is 16.3 Å². The third-order valence-corrected chi connectivity index (χ3v) is 3.22. The predicted octanol–water partition coefficient (Wildman–Crippen LogP) is 4.07. The molecular formula is C16H26ClNO. The van der Waals surface area contributed by atoms with Crippen molar-refractivity contribution in [2.24, 2.45) is 0 Å². The van der Waals surface area contributed by atoms with Gasteiger partial charge in [-0.1, -0.05) is 23.7 Å². The highest BCUT2D eigenvalue weighted by molar-refractivity contribution is 6.30. The highest BCUT2D eigenvalue weighted by Crippen LogP contribution is 2.11. The molecule has 0 heterocycles. The van der Waals surface area contributed by atoms with Crippen molar-refractivity contribution in [3.63, 3.8) is 0 Å². The molecule has 1 aromatic rings. The highest BCUT2D eigenvalue weighted by atomic mass is 35.5. The molecule has 2 nitrogen and oxygen atoms in total. The Bertz CT molecular complexity index is 337. The van der Waals surface area contributed by atoms with Crippen LogP contribution in [0.1, 0.15) is 39.2 Å². The fourth-order valence-corrected chi connectivity index (χ4v) is 2.07. The van der Waals surface area contributed by atoms with E-state index in [2.05, 4.69) is 38.2 Å². The van der Waals surface area contributed by atoms with Crippen molar-refractivity contribution >= 4 is 11.6 Å². The zero-order valence-electron chi connectivity index (χ0n) is 12.3. The third-order valence-electron chi connectivity index (χ3n) is 2.97. The fraction of sp³-hybridized carbons (Fsp3) is 0.625. The Balaban J connectivity index is 2.08. The quantitative estimate of drug-likeness (QED) is 0.690. The first-order valence-corrected chi connectivity index (χ1v) is 7.55. The van der Waals surface area contributed by atoms with Crippen LogP contribution < -0.4 is 5.32 Å². The number of ether oxygens (including phenoxy) is 1. The lowest BCUT2D eigenvalue weighted by Crippen LogP contribution is -2.29. The molecule has 1 aromatic carbocycles. The van der Waals surface area contributed by atoms with Crippen molar-refractivity contribution in [2.75, 3.05) is 13.2 Å². The summed E-state index contributed by atoms with van der Waals surface area (Å²) in [7, 11) is 0. The van der Waals surface area contributed by atoms with Crippen molar-refractivity contribution in [1.82, 2.24) is 5.32 Å². The van der Waals surface area contributed by atoms with E-state index in [0.717, 1.165) is 37.4 Å². The van der Waals surface area contributed by atoms with Gasteiger partial charge in [-0.15, -0.1) is 0 Å². The maximum absolute atomic E-state index is 5.88. The van der Waals surface area contributed by atoms with Crippen molar-refractivity contribution in [3.8, 4) is 0 Å². The van der Waals surface area contributed by atoms with E-state index in [-0.39, 0.29) is 0 Å². The van der Waals surface area contributed by atoms with Crippen molar-refractivity contribution < 1.29 is 4.74 Å². The van der Waals surface area contributed by atoms with Gasteiger partial charge in [0.15, 0.2) is 0 Å². The van der Waals surface area contributed by atoms with Crippen LogP contribution in [0.3, 0.4) is 0 Å². The van der Waals surface area contributed by atoms with Gasteiger partial charge in [0.1, 0.15) is 0 Å². The number of unbranched alkanes of at least 4 members (excludes halogenated alkanes) is 1. The second-order valence-electron chi connectivity index (χ2n) is 5.31. The minimum Gasteiger partial charge on any atom is -0.379 e. The summed E-state index contributed by atoms with van der Waals surface area (Å²) in [5.74, 6) is 0. The lowest BCUT2D eigenvalue weighted by Gasteiger charge is -2.14. The van der Waals surface area contributed by atoms with Gasteiger partial charge in [-0.05, 0) is 64.3 Å². The number of rotatable bonds is 9. The second kappa shape index (κ2) is 9.35. The maximum Gasteiger partial charge on any atom is 0.0518 e. The van der Waals surface area contributed by atoms with Crippen LogP contribution in [0, 0.1) is 0 Å². The monoisotopic (exact) mass is 283 g/mol.